The second kappa shape index (κ2) is 12.2. The fraction of sp³-hybridized carbons (Fsp3) is 0.276. The first-order valence-corrected chi connectivity index (χ1v) is 12.8. The summed E-state index contributed by atoms with van der Waals surface area (Å²) in [7, 11) is 0. The number of Topliss-reactive ketones (excluding diaryl/α,β-unsaturated/α-hetero) is 1. The number of ketones is 1. The predicted molar refractivity (Wildman–Crippen MR) is 150 cm³/mol. The molecule has 3 amide bonds. The monoisotopic (exact) mass is 534 g/mol. The van der Waals surface area contributed by atoms with Crippen LogP contribution in [0.4, 0.5) is 16.2 Å². The van der Waals surface area contributed by atoms with Crippen LogP contribution in [-0.4, -0.2) is 62.0 Å². The van der Waals surface area contributed by atoms with Gasteiger partial charge in [-0.2, -0.15) is 0 Å². The van der Waals surface area contributed by atoms with Crippen LogP contribution in [0.15, 0.2) is 60.7 Å². The molecular formula is C29H31ClN4O4. The molecule has 9 heteroatoms. The molecule has 0 bridgehead atoms. The normalized spacial score (nSPS) is 13.7. The van der Waals surface area contributed by atoms with Gasteiger partial charge in [-0.25, -0.2) is 4.79 Å². The minimum Gasteiger partial charge on any atom is -0.379 e. The highest BCUT2D eigenvalue weighted by atomic mass is 35.5. The Balaban J connectivity index is 1.73. The van der Waals surface area contributed by atoms with Gasteiger partial charge in [-0.15, -0.1) is 0 Å². The van der Waals surface area contributed by atoms with Crippen LogP contribution >= 0.6 is 11.6 Å². The Hall–Kier alpha value is -3.72. The highest BCUT2D eigenvalue weighted by molar-refractivity contribution is 6.30. The van der Waals surface area contributed by atoms with Crippen molar-refractivity contribution in [3.63, 3.8) is 0 Å². The summed E-state index contributed by atoms with van der Waals surface area (Å²) in [6, 6.07) is 17.0. The number of morpholine rings is 1. The fourth-order valence-electron chi connectivity index (χ4n) is 4.56. The summed E-state index contributed by atoms with van der Waals surface area (Å²) in [5.41, 5.74) is 10.00. The van der Waals surface area contributed by atoms with Gasteiger partial charge in [-0.3, -0.25) is 19.4 Å². The van der Waals surface area contributed by atoms with E-state index in [0.29, 0.717) is 59.4 Å². The molecule has 4 rings (SSSR count). The van der Waals surface area contributed by atoms with Crippen LogP contribution in [-0.2, 0) is 4.74 Å². The number of nitrogens with zero attached hydrogens (tertiary/aromatic N) is 2. The van der Waals surface area contributed by atoms with E-state index in [1.54, 1.807) is 65.6 Å². The number of carbonyl (C=O) groups is 3. The Morgan fingerprint density at radius 3 is 2.26 bits per heavy atom. The molecule has 38 heavy (non-hydrogen) atoms. The number of nitrogens with two attached hydrogens (primary N) is 1. The van der Waals surface area contributed by atoms with Crippen molar-refractivity contribution in [1.82, 2.24) is 4.90 Å². The summed E-state index contributed by atoms with van der Waals surface area (Å²) in [6.07, 6.45) is 0. The molecule has 198 valence electrons. The van der Waals surface area contributed by atoms with E-state index in [0.717, 1.165) is 24.2 Å². The van der Waals surface area contributed by atoms with Gasteiger partial charge in [0, 0.05) is 53.7 Å². The SMILES string of the molecule is CC(=O)c1ccc(-c2c(C(N)=O)ccc(N(CCN3CCOCC3)C(=O)Nc3ccc(Cl)cc3)c2C)cc1. The van der Waals surface area contributed by atoms with Crippen molar-refractivity contribution < 1.29 is 19.1 Å². The molecule has 1 fully saturated rings. The van der Waals surface area contributed by atoms with Crippen LogP contribution in [0.25, 0.3) is 11.1 Å². The molecule has 3 aromatic rings. The minimum atomic E-state index is -0.573. The highest BCUT2D eigenvalue weighted by Crippen LogP contribution is 2.35. The van der Waals surface area contributed by atoms with Crippen molar-refractivity contribution >= 4 is 40.7 Å². The summed E-state index contributed by atoms with van der Waals surface area (Å²) < 4.78 is 5.46. The molecule has 0 aromatic heterocycles. The number of anilines is 2. The van der Waals surface area contributed by atoms with Gasteiger partial charge in [0.15, 0.2) is 5.78 Å². The van der Waals surface area contributed by atoms with Crippen molar-refractivity contribution in [2.75, 3.05) is 49.6 Å². The van der Waals surface area contributed by atoms with Crippen molar-refractivity contribution in [3.8, 4) is 11.1 Å². The van der Waals surface area contributed by atoms with Gasteiger partial charge in [-0.05, 0) is 66.9 Å². The highest BCUT2D eigenvalue weighted by Gasteiger charge is 2.24. The molecule has 3 N–H and O–H groups in total. The van der Waals surface area contributed by atoms with Gasteiger partial charge in [0.25, 0.3) is 0 Å². The maximum absolute atomic E-state index is 13.6. The third kappa shape index (κ3) is 6.39. The van der Waals surface area contributed by atoms with Crippen LogP contribution in [0.3, 0.4) is 0 Å². The molecule has 8 nitrogen and oxygen atoms in total. The van der Waals surface area contributed by atoms with Gasteiger partial charge in [-0.1, -0.05) is 35.9 Å². The number of benzene rings is 3. The maximum Gasteiger partial charge on any atom is 0.326 e. The second-order valence-electron chi connectivity index (χ2n) is 9.17. The van der Waals surface area contributed by atoms with Gasteiger partial charge in [0.1, 0.15) is 0 Å². The summed E-state index contributed by atoms with van der Waals surface area (Å²) in [5.74, 6) is -0.624. The molecule has 1 aliphatic rings. The molecule has 0 atom stereocenters. The Kier molecular flexibility index (Phi) is 8.78. The molecule has 0 aliphatic carbocycles. The molecule has 1 saturated heterocycles. The first-order valence-electron chi connectivity index (χ1n) is 12.4. The largest absolute Gasteiger partial charge is 0.379 e. The van der Waals surface area contributed by atoms with Crippen LogP contribution in [0, 0.1) is 6.92 Å². The molecule has 1 heterocycles. The van der Waals surface area contributed by atoms with E-state index in [1.807, 2.05) is 6.92 Å². The minimum absolute atomic E-state index is 0.0506. The Morgan fingerprint density at radius 2 is 1.66 bits per heavy atom. The third-order valence-electron chi connectivity index (χ3n) is 6.66. The number of ether oxygens (including phenoxy) is 1. The second-order valence-corrected chi connectivity index (χ2v) is 9.61. The van der Waals surface area contributed by atoms with E-state index < -0.39 is 5.91 Å². The van der Waals surface area contributed by atoms with Crippen molar-refractivity contribution in [3.05, 3.63) is 82.4 Å². The number of hydrogen-bond donors (Lipinski definition) is 2. The van der Waals surface area contributed by atoms with E-state index in [4.69, 9.17) is 22.1 Å². The standard InChI is InChI=1S/C29H31ClN4O4/c1-19-26(12-11-25(28(31)36)27(19)22-5-3-21(4-6-22)20(2)35)34(14-13-33-15-17-38-18-16-33)29(37)32-24-9-7-23(30)8-10-24/h3-12H,13-18H2,1-2H3,(H2,31,36)(H,32,37). The molecule has 0 radical (unpaired) electrons. The first kappa shape index (κ1) is 27.3. The number of amides is 3. The number of rotatable bonds is 8. The van der Waals surface area contributed by atoms with Gasteiger partial charge < -0.3 is 15.8 Å². The number of carbonyl (C=O) groups excluding carboxylic acids is 3. The first-order chi connectivity index (χ1) is 18.2. The lowest BCUT2D eigenvalue weighted by Crippen LogP contribution is -2.44. The van der Waals surface area contributed by atoms with E-state index in [9.17, 15) is 14.4 Å². The molecule has 1 aliphatic heterocycles. The van der Waals surface area contributed by atoms with Crippen LogP contribution in [0.2, 0.25) is 5.02 Å². The summed E-state index contributed by atoms with van der Waals surface area (Å²) in [6.45, 7) is 7.33. The van der Waals surface area contributed by atoms with Crippen molar-refractivity contribution in [1.29, 1.82) is 0 Å². The van der Waals surface area contributed by atoms with Crippen molar-refractivity contribution in [2.24, 2.45) is 5.73 Å². The summed E-state index contributed by atoms with van der Waals surface area (Å²) in [4.78, 5) is 41.7. The summed E-state index contributed by atoms with van der Waals surface area (Å²) in [5, 5.41) is 3.53. The van der Waals surface area contributed by atoms with E-state index in [-0.39, 0.29) is 11.8 Å². The number of nitrogens with one attached hydrogen (secondary N) is 1. The molecule has 0 spiro atoms. The number of urea groups is 1. The van der Waals surface area contributed by atoms with Crippen molar-refractivity contribution in [2.45, 2.75) is 13.8 Å². The Labute approximate surface area is 227 Å². The van der Waals surface area contributed by atoms with Crippen LogP contribution < -0.4 is 16.0 Å². The smallest absolute Gasteiger partial charge is 0.326 e. The van der Waals surface area contributed by atoms with Gasteiger partial charge >= 0.3 is 6.03 Å². The van der Waals surface area contributed by atoms with Crippen LogP contribution in [0.1, 0.15) is 33.2 Å². The average molecular weight is 535 g/mol. The van der Waals surface area contributed by atoms with E-state index in [2.05, 4.69) is 10.2 Å². The zero-order valence-electron chi connectivity index (χ0n) is 21.5. The fourth-order valence-corrected chi connectivity index (χ4v) is 4.69. The summed E-state index contributed by atoms with van der Waals surface area (Å²) >= 11 is 6.01. The lowest BCUT2D eigenvalue weighted by molar-refractivity contribution is 0.0393. The lowest BCUT2D eigenvalue weighted by atomic mass is 9.92. The predicted octanol–water partition coefficient (Wildman–Crippen LogP) is 4.99. The molecule has 0 unspecified atom stereocenters. The zero-order valence-corrected chi connectivity index (χ0v) is 22.3. The quantitative estimate of drug-likeness (QED) is 0.396. The molecule has 0 saturated carbocycles. The van der Waals surface area contributed by atoms with E-state index in [1.165, 1.54) is 6.92 Å². The van der Waals surface area contributed by atoms with Gasteiger partial charge in [0.05, 0.1) is 13.2 Å². The van der Waals surface area contributed by atoms with Crippen LogP contribution in [0.5, 0.6) is 0 Å². The third-order valence-corrected chi connectivity index (χ3v) is 6.91. The maximum atomic E-state index is 13.6. The Morgan fingerprint density at radius 1 is 1.00 bits per heavy atom. The zero-order chi connectivity index (χ0) is 27.2. The average Bonchev–Trinajstić information content (AvgIpc) is 2.91. The molecule has 3 aromatic carbocycles. The number of primary amides is 1. The number of hydrogen-bond acceptors (Lipinski definition) is 5. The van der Waals surface area contributed by atoms with Gasteiger partial charge in [0.2, 0.25) is 5.91 Å². The van der Waals surface area contributed by atoms with E-state index >= 15 is 0 Å². The number of halogens is 1. The topological polar surface area (TPSA) is 105 Å². The molecular weight excluding hydrogens is 504 g/mol. The Bertz CT molecular complexity index is 1320. The lowest BCUT2D eigenvalue weighted by Gasteiger charge is -2.31.